The lowest BCUT2D eigenvalue weighted by atomic mass is 10.1. The molecule has 0 aliphatic heterocycles. The van der Waals surface area contributed by atoms with Gasteiger partial charge in [-0.1, -0.05) is 0 Å². The lowest BCUT2D eigenvalue weighted by molar-refractivity contribution is 0.0932. The van der Waals surface area contributed by atoms with Crippen molar-refractivity contribution in [3.05, 3.63) is 35.4 Å². The topological polar surface area (TPSA) is 52.9 Å². The highest BCUT2D eigenvalue weighted by Gasteiger charge is 2.28. The van der Waals surface area contributed by atoms with Gasteiger partial charge in [0.05, 0.1) is 12.0 Å². The van der Waals surface area contributed by atoms with E-state index in [4.69, 9.17) is 5.26 Å². The van der Waals surface area contributed by atoms with Gasteiger partial charge >= 0.3 is 0 Å². The number of carbonyl (C=O) groups excluding carboxylic acids is 1. The summed E-state index contributed by atoms with van der Waals surface area (Å²) in [5.41, 5.74) is -0.0592. The van der Waals surface area contributed by atoms with Gasteiger partial charge in [-0.3, -0.25) is 4.79 Å². The van der Waals surface area contributed by atoms with Crippen molar-refractivity contribution in [3.8, 4) is 6.07 Å². The van der Waals surface area contributed by atoms with Gasteiger partial charge in [0.1, 0.15) is 11.6 Å². The number of halogens is 2. The molecule has 1 aromatic rings. The molecular weight excluding hydrogens is 238 g/mol. The summed E-state index contributed by atoms with van der Waals surface area (Å²) < 4.78 is 25.9. The van der Waals surface area contributed by atoms with E-state index in [2.05, 4.69) is 11.4 Å². The number of carbonyl (C=O) groups is 1. The van der Waals surface area contributed by atoms with Gasteiger partial charge in [0.15, 0.2) is 0 Å². The molecule has 18 heavy (non-hydrogen) atoms. The highest BCUT2D eigenvalue weighted by molar-refractivity contribution is 5.94. The van der Waals surface area contributed by atoms with Crippen LogP contribution in [0, 0.1) is 28.9 Å². The van der Waals surface area contributed by atoms with Crippen LogP contribution in [-0.4, -0.2) is 11.9 Å². The Bertz CT molecular complexity index is 490. The lowest BCUT2D eigenvalue weighted by Gasteiger charge is -2.15. The fourth-order valence-corrected chi connectivity index (χ4v) is 2.22. The molecule has 3 nitrogen and oxygen atoms in total. The standard InChI is InChI=1S/C13H12F2N2O/c14-10-4-9(5-11(15)6-10)13(18)17-12-3-1-2-8(12)7-16/h4-6,8,12H,1-3H2,(H,17,18). The van der Waals surface area contributed by atoms with Crippen molar-refractivity contribution in [2.45, 2.75) is 25.3 Å². The number of benzene rings is 1. The predicted molar refractivity (Wildman–Crippen MR) is 60.6 cm³/mol. The first-order valence-corrected chi connectivity index (χ1v) is 5.76. The van der Waals surface area contributed by atoms with Crippen molar-refractivity contribution in [2.75, 3.05) is 0 Å². The number of nitrogens with one attached hydrogen (secondary N) is 1. The SMILES string of the molecule is N#CC1CCCC1NC(=O)c1cc(F)cc(F)c1. The van der Waals surface area contributed by atoms with Crippen molar-refractivity contribution in [1.29, 1.82) is 5.26 Å². The number of rotatable bonds is 2. The molecule has 0 heterocycles. The molecule has 0 radical (unpaired) electrons. The first kappa shape index (κ1) is 12.5. The van der Waals surface area contributed by atoms with E-state index in [1.807, 2.05) is 0 Å². The number of hydrogen-bond acceptors (Lipinski definition) is 2. The molecule has 0 bridgehead atoms. The van der Waals surface area contributed by atoms with Crippen LogP contribution in [0.25, 0.3) is 0 Å². The summed E-state index contributed by atoms with van der Waals surface area (Å²) in [7, 11) is 0. The Morgan fingerprint density at radius 1 is 1.28 bits per heavy atom. The van der Waals surface area contributed by atoms with E-state index in [0.717, 1.165) is 31.4 Å². The minimum absolute atomic E-state index is 0.0592. The third-order valence-corrected chi connectivity index (χ3v) is 3.12. The molecule has 1 aromatic carbocycles. The minimum atomic E-state index is -0.789. The molecule has 0 spiro atoms. The van der Waals surface area contributed by atoms with Crippen molar-refractivity contribution in [1.82, 2.24) is 5.32 Å². The Labute approximate surface area is 103 Å². The van der Waals surface area contributed by atoms with Crippen molar-refractivity contribution >= 4 is 5.91 Å². The molecule has 0 saturated heterocycles. The van der Waals surface area contributed by atoms with Crippen LogP contribution in [0.15, 0.2) is 18.2 Å². The molecule has 1 fully saturated rings. The van der Waals surface area contributed by atoms with Gasteiger partial charge in [0.25, 0.3) is 5.91 Å². The summed E-state index contributed by atoms with van der Waals surface area (Å²) in [6.45, 7) is 0. The van der Waals surface area contributed by atoms with Crippen molar-refractivity contribution < 1.29 is 13.6 Å². The van der Waals surface area contributed by atoms with Gasteiger partial charge in [-0.15, -0.1) is 0 Å². The first-order chi connectivity index (χ1) is 8.60. The molecule has 5 heteroatoms. The molecule has 1 saturated carbocycles. The second kappa shape index (κ2) is 5.13. The maximum atomic E-state index is 13.0. The van der Waals surface area contributed by atoms with Crippen LogP contribution < -0.4 is 5.32 Å². The van der Waals surface area contributed by atoms with E-state index in [1.165, 1.54) is 0 Å². The van der Waals surface area contributed by atoms with Crippen LogP contribution in [0.5, 0.6) is 0 Å². The Morgan fingerprint density at radius 3 is 2.56 bits per heavy atom. The molecule has 2 atom stereocenters. The highest BCUT2D eigenvalue weighted by Crippen LogP contribution is 2.25. The van der Waals surface area contributed by atoms with Gasteiger partial charge in [0, 0.05) is 17.7 Å². The third kappa shape index (κ3) is 2.65. The number of amides is 1. The van der Waals surface area contributed by atoms with Gasteiger partial charge < -0.3 is 5.32 Å². The summed E-state index contributed by atoms with van der Waals surface area (Å²) in [5.74, 6) is -2.33. The molecule has 2 rings (SSSR count). The summed E-state index contributed by atoms with van der Waals surface area (Å²) in [5, 5.41) is 11.5. The Kier molecular flexibility index (Phi) is 3.56. The Hall–Kier alpha value is -1.96. The molecular formula is C13H12F2N2O. The summed E-state index contributed by atoms with van der Waals surface area (Å²) >= 11 is 0. The van der Waals surface area contributed by atoms with E-state index in [9.17, 15) is 13.6 Å². The van der Waals surface area contributed by atoms with E-state index in [-0.39, 0.29) is 17.5 Å². The zero-order valence-electron chi connectivity index (χ0n) is 9.62. The summed E-state index contributed by atoms with van der Waals surface area (Å²) in [6.07, 6.45) is 2.35. The summed E-state index contributed by atoms with van der Waals surface area (Å²) in [6, 6.07) is 4.58. The Balaban J connectivity index is 2.10. The molecule has 1 N–H and O–H groups in total. The zero-order chi connectivity index (χ0) is 13.1. The molecule has 2 unspecified atom stereocenters. The average molecular weight is 250 g/mol. The molecule has 0 aromatic heterocycles. The fraction of sp³-hybridized carbons (Fsp3) is 0.385. The fourth-order valence-electron chi connectivity index (χ4n) is 2.22. The van der Waals surface area contributed by atoms with Crippen molar-refractivity contribution in [2.24, 2.45) is 5.92 Å². The quantitative estimate of drug-likeness (QED) is 0.876. The van der Waals surface area contributed by atoms with Crippen LogP contribution in [0.4, 0.5) is 8.78 Å². The average Bonchev–Trinajstić information content (AvgIpc) is 2.75. The Morgan fingerprint density at radius 2 is 1.94 bits per heavy atom. The maximum Gasteiger partial charge on any atom is 0.251 e. The van der Waals surface area contributed by atoms with Crippen molar-refractivity contribution in [3.63, 3.8) is 0 Å². The lowest BCUT2D eigenvalue weighted by Crippen LogP contribution is -2.37. The van der Waals surface area contributed by atoms with E-state index in [1.54, 1.807) is 0 Å². The molecule has 94 valence electrons. The van der Waals surface area contributed by atoms with E-state index in [0.29, 0.717) is 6.07 Å². The van der Waals surface area contributed by atoms with Gasteiger partial charge in [-0.2, -0.15) is 5.26 Å². The van der Waals surface area contributed by atoms with Crippen LogP contribution in [-0.2, 0) is 0 Å². The maximum absolute atomic E-state index is 13.0. The third-order valence-electron chi connectivity index (χ3n) is 3.12. The number of nitriles is 1. The van der Waals surface area contributed by atoms with E-state index >= 15 is 0 Å². The smallest absolute Gasteiger partial charge is 0.251 e. The second-order valence-corrected chi connectivity index (χ2v) is 4.40. The monoisotopic (exact) mass is 250 g/mol. The van der Waals surface area contributed by atoms with Crippen LogP contribution in [0.2, 0.25) is 0 Å². The predicted octanol–water partition coefficient (Wildman–Crippen LogP) is 2.39. The van der Waals surface area contributed by atoms with Crippen LogP contribution in [0.3, 0.4) is 0 Å². The number of hydrogen-bond donors (Lipinski definition) is 1. The largest absolute Gasteiger partial charge is 0.348 e. The first-order valence-electron chi connectivity index (χ1n) is 5.76. The van der Waals surface area contributed by atoms with Gasteiger partial charge in [-0.05, 0) is 31.4 Å². The normalized spacial score (nSPS) is 22.5. The molecule has 1 amide bonds. The van der Waals surface area contributed by atoms with E-state index < -0.39 is 17.5 Å². The zero-order valence-corrected chi connectivity index (χ0v) is 9.62. The minimum Gasteiger partial charge on any atom is -0.348 e. The van der Waals surface area contributed by atoms with Gasteiger partial charge in [-0.25, -0.2) is 8.78 Å². The van der Waals surface area contributed by atoms with Crippen LogP contribution in [0.1, 0.15) is 29.6 Å². The highest BCUT2D eigenvalue weighted by atomic mass is 19.1. The van der Waals surface area contributed by atoms with Crippen LogP contribution >= 0.6 is 0 Å². The number of nitrogens with zero attached hydrogens (tertiary/aromatic N) is 1. The molecule has 1 aliphatic rings. The molecule has 1 aliphatic carbocycles. The second-order valence-electron chi connectivity index (χ2n) is 4.40. The summed E-state index contributed by atoms with van der Waals surface area (Å²) in [4.78, 5) is 11.8. The van der Waals surface area contributed by atoms with Gasteiger partial charge in [0.2, 0.25) is 0 Å².